The Bertz CT molecular complexity index is 1200. The molecular weight excluding hydrogens is 440 g/mol. The predicted octanol–water partition coefficient (Wildman–Crippen LogP) is 1.02. The van der Waals surface area contributed by atoms with E-state index in [1.54, 1.807) is 12.1 Å². The average Bonchev–Trinajstić information content (AvgIpc) is 2.91. The molecule has 0 aliphatic carbocycles. The highest BCUT2D eigenvalue weighted by molar-refractivity contribution is 6.22. The van der Waals surface area contributed by atoms with E-state index in [-0.39, 0.29) is 16.7 Å². The van der Waals surface area contributed by atoms with Crippen molar-refractivity contribution in [1.82, 2.24) is 0 Å². The van der Waals surface area contributed by atoms with Gasteiger partial charge in [-0.2, -0.15) is 0 Å². The first-order chi connectivity index (χ1) is 16.2. The molecule has 174 valence electrons. The molecule has 0 aromatic heterocycles. The second-order valence-electron chi connectivity index (χ2n) is 7.70. The Labute approximate surface area is 194 Å². The van der Waals surface area contributed by atoms with Gasteiger partial charge in [0.15, 0.2) is 17.7 Å². The number of rotatable bonds is 10. The van der Waals surface area contributed by atoms with Crippen molar-refractivity contribution >= 4 is 23.6 Å². The molecule has 0 spiro atoms. The summed E-state index contributed by atoms with van der Waals surface area (Å²) in [6, 6.07) is 20.3. The normalized spacial score (nSPS) is 16.4. The molecule has 4 N–H and O–H groups in total. The van der Waals surface area contributed by atoms with Crippen LogP contribution in [0.2, 0.25) is 0 Å². The van der Waals surface area contributed by atoms with Gasteiger partial charge in [-0.05, 0) is 0 Å². The van der Waals surface area contributed by atoms with Crippen LogP contribution < -0.4 is 0 Å². The number of aliphatic hydroxyl groups is 4. The van der Waals surface area contributed by atoms with E-state index >= 15 is 0 Å². The lowest BCUT2D eigenvalue weighted by atomic mass is 9.63. The van der Waals surface area contributed by atoms with Gasteiger partial charge in [-0.3, -0.25) is 19.2 Å². The summed E-state index contributed by atoms with van der Waals surface area (Å²) in [6.07, 6.45) is -0.415. The molecule has 8 heteroatoms. The average molecular weight is 462 g/mol. The van der Waals surface area contributed by atoms with Crippen molar-refractivity contribution in [2.75, 3.05) is 6.61 Å². The summed E-state index contributed by atoms with van der Waals surface area (Å²) >= 11 is 0. The smallest absolute Gasteiger partial charge is 0.222 e. The maximum Gasteiger partial charge on any atom is 0.222 e. The minimum Gasteiger partial charge on any atom is -0.393 e. The molecule has 0 amide bonds. The molecule has 0 heterocycles. The molecular formula is C26H22O8. The second kappa shape index (κ2) is 9.58. The van der Waals surface area contributed by atoms with E-state index in [2.05, 4.69) is 0 Å². The van der Waals surface area contributed by atoms with Gasteiger partial charge in [-0.15, -0.1) is 0 Å². The van der Waals surface area contributed by atoms with Crippen LogP contribution in [0.1, 0.15) is 31.1 Å². The molecule has 3 aromatic rings. The topological polar surface area (TPSA) is 149 Å². The molecule has 3 aromatic carbocycles. The third-order valence-corrected chi connectivity index (χ3v) is 5.71. The lowest BCUT2D eigenvalue weighted by molar-refractivity contribution is -0.188. The third kappa shape index (κ3) is 3.78. The molecule has 3 rings (SSSR count). The minimum absolute atomic E-state index is 0.251. The molecule has 34 heavy (non-hydrogen) atoms. The zero-order chi connectivity index (χ0) is 25.0. The number of carbonyl (C=O) groups excluding carboxylic acids is 4. The van der Waals surface area contributed by atoms with Gasteiger partial charge in [0.05, 0.1) is 6.61 Å². The summed E-state index contributed by atoms with van der Waals surface area (Å²) in [4.78, 5) is 52.5. The second-order valence-corrected chi connectivity index (χ2v) is 7.70. The fourth-order valence-corrected chi connectivity index (χ4v) is 3.77. The molecule has 0 saturated carbocycles. The highest BCUT2D eigenvalue weighted by Crippen LogP contribution is 2.39. The van der Waals surface area contributed by atoms with E-state index in [1.165, 1.54) is 78.9 Å². The molecule has 0 aliphatic rings. The Morgan fingerprint density at radius 1 is 0.618 bits per heavy atom. The Balaban J connectivity index is 2.33. The summed E-state index contributed by atoms with van der Waals surface area (Å²) in [5.41, 5.74) is -11.9. The molecule has 0 radical (unpaired) electrons. The van der Waals surface area contributed by atoms with Crippen molar-refractivity contribution in [3.63, 3.8) is 0 Å². The van der Waals surface area contributed by atoms with Gasteiger partial charge < -0.3 is 20.4 Å². The van der Waals surface area contributed by atoms with Gasteiger partial charge in [-0.25, -0.2) is 0 Å². The van der Waals surface area contributed by atoms with Crippen molar-refractivity contribution in [1.29, 1.82) is 0 Å². The first kappa shape index (κ1) is 24.8. The van der Waals surface area contributed by atoms with Crippen molar-refractivity contribution in [3.05, 3.63) is 108 Å². The third-order valence-electron chi connectivity index (χ3n) is 5.71. The number of benzene rings is 3. The number of aliphatic hydroxyl groups excluding tert-OH is 1. The maximum absolute atomic E-state index is 13.6. The van der Waals surface area contributed by atoms with Crippen LogP contribution in [0.15, 0.2) is 91.0 Å². The van der Waals surface area contributed by atoms with Gasteiger partial charge in [0.2, 0.25) is 22.8 Å². The van der Waals surface area contributed by atoms with Crippen LogP contribution in [0.4, 0.5) is 0 Å². The van der Waals surface area contributed by atoms with Crippen LogP contribution in [0.25, 0.3) is 0 Å². The van der Waals surface area contributed by atoms with Crippen molar-refractivity contribution in [3.8, 4) is 0 Å². The zero-order valence-electron chi connectivity index (χ0n) is 17.9. The summed E-state index contributed by atoms with van der Waals surface area (Å²) in [5.74, 6) is -4.36. The summed E-state index contributed by atoms with van der Waals surface area (Å²) < 4.78 is 0. The lowest BCUT2D eigenvalue weighted by Gasteiger charge is -2.46. The van der Waals surface area contributed by atoms with Gasteiger partial charge in [0.1, 0.15) is 0 Å². The predicted molar refractivity (Wildman–Crippen MR) is 120 cm³/mol. The standard InChI is InChI=1S/C26H22O8/c27-16-24(32,21(29)18-10-4-1-5-11-18)26(34,23(31)20-14-8-3-9-15-20)25(33,17-28)22(30)19-12-6-2-7-13-19/h1-16,28,32-34H,17H2/t24-,25+,26+/m1/s1. The van der Waals surface area contributed by atoms with Crippen LogP contribution in [-0.4, -0.2) is 67.5 Å². The number of ketones is 3. The SMILES string of the molecule is O=C[C@@](O)(C(=O)c1ccccc1)[C@@](O)(C(=O)c1ccccc1)[C@](O)(CO)C(=O)c1ccccc1. The molecule has 0 unspecified atom stereocenters. The highest BCUT2D eigenvalue weighted by atomic mass is 16.4. The van der Waals surface area contributed by atoms with Gasteiger partial charge in [-0.1, -0.05) is 91.0 Å². The van der Waals surface area contributed by atoms with E-state index in [9.17, 15) is 39.6 Å². The first-order valence-electron chi connectivity index (χ1n) is 10.2. The minimum atomic E-state index is -3.82. The Morgan fingerprint density at radius 2 is 0.971 bits per heavy atom. The molecule has 8 nitrogen and oxygen atoms in total. The monoisotopic (exact) mass is 462 g/mol. The Morgan fingerprint density at radius 3 is 1.32 bits per heavy atom. The fourth-order valence-electron chi connectivity index (χ4n) is 3.77. The van der Waals surface area contributed by atoms with Crippen LogP contribution in [0.5, 0.6) is 0 Å². The Kier molecular flexibility index (Phi) is 6.99. The molecule has 0 bridgehead atoms. The van der Waals surface area contributed by atoms with Crippen molar-refractivity contribution < 1.29 is 39.6 Å². The number of aldehydes is 1. The number of hydrogen-bond donors (Lipinski definition) is 4. The number of Topliss-reactive ketones (excluding diaryl/α,β-unsaturated/α-hetero) is 3. The fraction of sp³-hybridized carbons (Fsp3) is 0.154. The van der Waals surface area contributed by atoms with E-state index < -0.39 is 47.0 Å². The largest absolute Gasteiger partial charge is 0.393 e. The molecule has 0 fully saturated rings. The van der Waals surface area contributed by atoms with Crippen LogP contribution >= 0.6 is 0 Å². The van der Waals surface area contributed by atoms with E-state index in [4.69, 9.17) is 0 Å². The van der Waals surface area contributed by atoms with Crippen molar-refractivity contribution in [2.24, 2.45) is 0 Å². The summed E-state index contributed by atoms with van der Waals surface area (Å²) in [5, 5.41) is 44.6. The summed E-state index contributed by atoms with van der Waals surface area (Å²) in [7, 11) is 0. The van der Waals surface area contributed by atoms with Gasteiger partial charge in [0, 0.05) is 16.7 Å². The van der Waals surface area contributed by atoms with E-state index in [0.717, 1.165) is 0 Å². The number of carbonyl (C=O) groups is 4. The lowest BCUT2D eigenvalue weighted by Crippen LogP contribution is -2.78. The van der Waals surface area contributed by atoms with Crippen LogP contribution in [-0.2, 0) is 4.79 Å². The zero-order valence-corrected chi connectivity index (χ0v) is 17.9. The van der Waals surface area contributed by atoms with Crippen LogP contribution in [0.3, 0.4) is 0 Å². The molecule has 0 saturated heterocycles. The Hall–Kier alpha value is -3.82. The van der Waals surface area contributed by atoms with Crippen molar-refractivity contribution in [2.45, 2.75) is 16.8 Å². The molecule has 3 atom stereocenters. The number of hydrogen-bond acceptors (Lipinski definition) is 8. The maximum atomic E-state index is 13.6. The van der Waals surface area contributed by atoms with Crippen LogP contribution in [0, 0.1) is 0 Å². The van der Waals surface area contributed by atoms with E-state index in [0.29, 0.717) is 0 Å². The van der Waals surface area contributed by atoms with Gasteiger partial charge >= 0.3 is 0 Å². The summed E-state index contributed by atoms with van der Waals surface area (Å²) in [6.45, 7) is -1.60. The van der Waals surface area contributed by atoms with Gasteiger partial charge in [0.25, 0.3) is 0 Å². The molecule has 0 aliphatic heterocycles. The quantitative estimate of drug-likeness (QED) is 0.198. The first-order valence-corrected chi connectivity index (χ1v) is 10.2. The van der Waals surface area contributed by atoms with E-state index in [1.807, 2.05) is 0 Å². The highest BCUT2D eigenvalue weighted by Gasteiger charge is 2.72.